The first kappa shape index (κ1) is 24.8. The number of benzene rings is 2. The second-order valence-electron chi connectivity index (χ2n) is 8.80. The fraction of sp³-hybridized carbons (Fsp3) is 0.269. The lowest BCUT2D eigenvalue weighted by atomic mass is 9.87. The second-order valence-corrected chi connectivity index (χ2v) is 10.1. The van der Waals surface area contributed by atoms with Crippen LogP contribution in [0.3, 0.4) is 0 Å². The van der Waals surface area contributed by atoms with Gasteiger partial charge in [-0.25, -0.2) is 9.67 Å². The summed E-state index contributed by atoms with van der Waals surface area (Å²) in [4.78, 5) is 18.8. The maximum atomic E-state index is 12.0. The van der Waals surface area contributed by atoms with Gasteiger partial charge < -0.3 is 15.3 Å². The molecule has 0 spiro atoms. The van der Waals surface area contributed by atoms with E-state index in [2.05, 4.69) is 15.2 Å². The van der Waals surface area contributed by atoms with Crippen LogP contribution in [0.1, 0.15) is 19.8 Å². The van der Waals surface area contributed by atoms with E-state index in [0.717, 1.165) is 16.6 Å². The van der Waals surface area contributed by atoms with Gasteiger partial charge >= 0.3 is 5.97 Å². The molecule has 0 atom stereocenters. The Hall–Kier alpha value is -2.84. The van der Waals surface area contributed by atoms with Crippen LogP contribution in [0.5, 0.6) is 0 Å². The van der Waals surface area contributed by atoms with Crippen molar-refractivity contribution in [2.24, 2.45) is 0 Å². The molecule has 0 saturated carbocycles. The molecule has 3 heterocycles. The number of fused-ring (bicyclic) bond motifs is 1. The average molecular weight is 545 g/mol. The Kier molecular flexibility index (Phi) is 6.83. The molecule has 1 aliphatic rings. The first-order valence-corrected chi connectivity index (χ1v) is 12.8. The van der Waals surface area contributed by atoms with E-state index >= 15 is 0 Å². The van der Waals surface area contributed by atoms with Gasteiger partial charge in [0.25, 0.3) is 0 Å². The predicted octanol–water partition coefficient (Wildman–Crippen LogP) is 6.08. The van der Waals surface area contributed by atoms with Crippen molar-refractivity contribution in [1.29, 1.82) is 0 Å². The van der Waals surface area contributed by atoms with Crippen molar-refractivity contribution in [2.45, 2.75) is 25.3 Å². The molecule has 0 amide bonds. The van der Waals surface area contributed by atoms with Gasteiger partial charge in [-0.3, -0.25) is 4.79 Å². The number of rotatable bonds is 6. The third kappa shape index (κ3) is 4.41. The number of hydrogen-bond donors (Lipinski definition) is 2. The van der Waals surface area contributed by atoms with Crippen molar-refractivity contribution < 1.29 is 9.90 Å². The van der Waals surface area contributed by atoms with Crippen LogP contribution in [0.2, 0.25) is 15.1 Å². The van der Waals surface area contributed by atoms with Crippen LogP contribution >= 0.6 is 34.8 Å². The molecule has 0 unspecified atom stereocenters. The highest BCUT2D eigenvalue weighted by atomic mass is 35.5. The number of carboxylic acid groups (broad SMARTS) is 1. The van der Waals surface area contributed by atoms with Crippen LogP contribution in [0.25, 0.3) is 27.8 Å². The van der Waals surface area contributed by atoms with E-state index in [1.807, 2.05) is 48.0 Å². The zero-order chi connectivity index (χ0) is 25.4. The van der Waals surface area contributed by atoms with Gasteiger partial charge in [-0.1, -0.05) is 53.9 Å². The number of aliphatic carboxylic acids is 1. The number of piperidine rings is 1. The lowest BCUT2D eigenvalue weighted by Gasteiger charge is -2.39. The number of carbonyl (C=O) groups is 1. The Balaban J connectivity index is 1.64. The Morgan fingerprint density at radius 1 is 1.06 bits per heavy atom. The predicted molar refractivity (Wildman–Crippen MR) is 145 cm³/mol. The molecule has 1 aliphatic heterocycles. The van der Waals surface area contributed by atoms with Crippen molar-refractivity contribution in [1.82, 2.24) is 20.1 Å². The van der Waals surface area contributed by atoms with Crippen molar-refractivity contribution in [3.63, 3.8) is 0 Å². The molecule has 1 saturated heterocycles. The molecule has 2 aromatic carbocycles. The van der Waals surface area contributed by atoms with Crippen LogP contribution in [-0.2, 0) is 4.79 Å². The van der Waals surface area contributed by atoms with Gasteiger partial charge in [0.05, 0.1) is 16.4 Å². The molecule has 2 aromatic heterocycles. The zero-order valence-electron chi connectivity index (χ0n) is 19.5. The number of hydrogen-bond acceptors (Lipinski definition) is 5. The minimum Gasteiger partial charge on any atom is -0.480 e. The smallest absolute Gasteiger partial charge is 0.324 e. The van der Waals surface area contributed by atoms with Gasteiger partial charge in [0.1, 0.15) is 11.1 Å². The van der Waals surface area contributed by atoms with Gasteiger partial charge in [0, 0.05) is 40.3 Å². The van der Waals surface area contributed by atoms with E-state index in [0.29, 0.717) is 64.6 Å². The summed E-state index contributed by atoms with van der Waals surface area (Å²) in [7, 11) is 0. The Labute approximate surface area is 223 Å². The van der Waals surface area contributed by atoms with E-state index in [9.17, 15) is 9.90 Å². The maximum Gasteiger partial charge on any atom is 0.324 e. The van der Waals surface area contributed by atoms with Crippen LogP contribution in [0.15, 0.2) is 54.7 Å². The third-order valence-corrected chi connectivity index (χ3v) is 7.46. The molecule has 1 fully saturated rings. The topological polar surface area (TPSA) is 83.3 Å². The van der Waals surface area contributed by atoms with Crippen LogP contribution in [0.4, 0.5) is 5.82 Å². The van der Waals surface area contributed by atoms with Crippen molar-refractivity contribution in [3.8, 4) is 16.9 Å². The maximum absolute atomic E-state index is 12.0. The molecule has 0 aliphatic carbocycles. The molecule has 0 radical (unpaired) electrons. The zero-order valence-corrected chi connectivity index (χ0v) is 21.8. The standard InChI is InChI=1S/C26H24Cl3N5O2/c1-2-31-26(25(35)36)10-13-33(14-11-26)24-22-19(9-12-30-24)23(16-3-5-17(27)6-4-16)34(32-22)21-8-7-18(28)15-20(21)29/h3-9,12,15,31H,2,10-11,13-14H2,1H3,(H,35,36). The molecule has 0 bridgehead atoms. The van der Waals surface area contributed by atoms with Gasteiger partial charge in [-0.05, 0) is 55.8 Å². The van der Waals surface area contributed by atoms with Crippen LogP contribution < -0.4 is 10.2 Å². The number of likely N-dealkylation sites (N-methyl/N-ethyl adjacent to an activating group) is 1. The average Bonchev–Trinajstić information content (AvgIpc) is 3.24. The molecule has 7 nitrogen and oxygen atoms in total. The Morgan fingerprint density at radius 3 is 2.39 bits per heavy atom. The molecule has 186 valence electrons. The van der Waals surface area contributed by atoms with Gasteiger partial charge in [0.15, 0.2) is 5.82 Å². The summed E-state index contributed by atoms with van der Waals surface area (Å²) in [6, 6.07) is 14.8. The van der Waals surface area contributed by atoms with Crippen molar-refractivity contribution in [2.75, 3.05) is 24.5 Å². The van der Waals surface area contributed by atoms with E-state index in [4.69, 9.17) is 39.9 Å². The van der Waals surface area contributed by atoms with E-state index in [1.165, 1.54) is 0 Å². The van der Waals surface area contributed by atoms with Crippen molar-refractivity contribution >= 4 is 57.5 Å². The van der Waals surface area contributed by atoms with Gasteiger partial charge in [-0.2, -0.15) is 5.10 Å². The fourth-order valence-electron chi connectivity index (χ4n) is 4.85. The number of halogens is 3. The summed E-state index contributed by atoms with van der Waals surface area (Å²) in [5.74, 6) is -0.108. The van der Waals surface area contributed by atoms with E-state index in [-0.39, 0.29) is 0 Å². The highest BCUT2D eigenvalue weighted by molar-refractivity contribution is 6.35. The Bertz CT molecular complexity index is 1430. The minimum atomic E-state index is -0.927. The largest absolute Gasteiger partial charge is 0.480 e. The summed E-state index contributed by atoms with van der Waals surface area (Å²) in [6.07, 6.45) is 2.68. The fourth-order valence-corrected chi connectivity index (χ4v) is 5.46. The number of anilines is 1. The summed E-state index contributed by atoms with van der Waals surface area (Å²) >= 11 is 18.9. The number of carboxylic acids is 1. The first-order valence-electron chi connectivity index (χ1n) is 11.7. The van der Waals surface area contributed by atoms with Crippen molar-refractivity contribution in [3.05, 3.63) is 69.8 Å². The third-order valence-electron chi connectivity index (χ3n) is 6.67. The monoisotopic (exact) mass is 543 g/mol. The van der Waals surface area contributed by atoms with Crippen LogP contribution in [0, 0.1) is 0 Å². The number of aromatic nitrogens is 3. The van der Waals surface area contributed by atoms with Gasteiger partial charge in [0.2, 0.25) is 0 Å². The Morgan fingerprint density at radius 2 is 1.75 bits per heavy atom. The lowest BCUT2D eigenvalue weighted by molar-refractivity contribution is -0.145. The summed E-state index contributed by atoms with van der Waals surface area (Å²) < 4.78 is 1.81. The normalized spacial score (nSPS) is 15.4. The highest BCUT2D eigenvalue weighted by Gasteiger charge is 2.41. The van der Waals surface area contributed by atoms with Gasteiger partial charge in [-0.15, -0.1) is 0 Å². The SMILES string of the molecule is CCNC1(C(=O)O)CCN(c2nccc3c(-c4ccc(Cl)cc4)n(-c4ccc(Cl)cc4Cl)nc23)CC1. The minimum absolute atomic E-state index is 0.460. The summed E-state index contributed by atoms with van der Waals surface area (Å²) in [6.45, 7) is 3.59. The molecule has 4 aromatic rings. The number of nitrogens with one attached hydrogen (secondary N) is 1. The number of nitrogens with zero attached hydrogens (tertiary/aromatic N) is 4. The second kappa shape index (κ2) is 9.90. The molecular weight excluding hydrogens is 521 g/mol. The quantitative estimate of drug-likeness (QED) is 0.306. The molecule has 5 rings (SSSR count). The lowest BCUT2D eigenvalue weighted by Crippen LogP contribution is -2.58. The molecule has 36 heavy (non-hydrogen) atoms. The van der Waals surface area contributed by atoms with E-state index < -0.39 is 11.5 Å². The molecular formula is C26H24Cl3N5O2. The van der Waals surface area contributed by atoms with E-state index in [1.54, 1.807) is 18.3 Å². The molecule has 2 N–H and O–H groups in total. The summed E-state index contributed by atoms with van der Waals surface area (Å²) in [5, 5.41) is 20.5. The summed E-state index contributed by atoms with van der Waals surface area (Å²) in [5.41, 5.74) is 2.23. The van der Waals surface area contributed by atoms with Crippen LogP contribution in [-0.4, -0.2) is 51.0 Å². The first-order chi connectivity index (χ1) is 17.3. The molecule has 10 heteroatoms. The highest BCUT2D eigenvalue weighted by Crippen LogP contribution is 2.38. The number of pyridine rings is 1.